The molecule has 0 amide bonds. The first-order valence-corrected chi connectivity index (χ1v) is 9.70. The average molecular weight is 427 g/mol. The Morgan fingerprint density at radius 2 is 1.90 bits per heavy atom. The first-order chi connectivity index (χ1) is 14.7. The van der Waals surface area contributed by atoms with Crippen molar-refractivity contribution in [1.82, 2.24) is 4.98 Å². The van der Waals surface area contributed by atoms with E-state index in [2.05, 4.69) is 10.3 Å². The quantitative estimate of drug-likeness (QED) is 0.549. The largest absolute Gasteiger partial charge is 0.454 e. The summed E-state index contributed by atoms with van der Waals surface area (Å²) in [5.41, 5.74) is -0.168. The zero-order valence-electron chi connectivity index (χ0n) is 17.0. The summed E-state index contributed by atoms with van der Waals surface area (Å²) in [6, 6.07) is 14.1. The number of nitrogens with one attached hydrogen (secondary N) is 1. The number of benzene rings is 2. The molecule has 0 aliphatic carbocycles. The van der Waals surface area contributed by atoms with Gasteiger partial charge in [0.1, 0.15) is 5.41 Å². The number of alkyl halides is 3. The zero-order chi connectivity index (χ0) is 22.2. The van der Waals surface area contributed by atoms with Crippen molar-refractivity contribution >= 4 is 16.6 Å². The summed E-state index contributed by atoms with van der Waals surface area (Å²) in [4.78, 5) is 4.46. The van der Waals surface area contributed by atoms with E-state index in [0.29, 0.717) is 22.3 Å². The maximum absolute atomic E-state index is 14.4. The van der Waals surface area contributed by atoms with Crippen LogP contribution in [0.2, 0.25) is 0 Å². The smallest absolute Gasteiger partial charge is 0.397 e. The van der Waals surface area contributed by atoms with Crippen LogP contribution in [0.5, 0.6) is 11.5 Å². The molecule has 2 unspecified atom stereocenters. The van der Waals surface area contributed by atoms with Crippen LogP contribution < -0.4 is 14.8 Å². The summed E-state index contributed by atoms with van der Waals surface area (Å²) in [6.07, 6.45) is -5.40. The Balaban J connectivity index is 1.90. The topological polar surface area (TPSA) is 67.2 Å². The van der Waals surface area contributed by atoms with Crippen molar-refractivity contribution in [3.63, 3.8) is 0 Å². The highest BCUT2D eigenvalue weighted by molar-refractivity contribution is 5.91. The molecular formula is C23H20F3N3O2. The molecule has 1 aromatic heterocycles. The summed E-state index contributed by atoms with van der Waals surface area (Å²) in [7, 11) is 0. The lowest BCUT2D eigenvalue weighted by atomic mass is 9.75. The fraction of sp³-hybridized carbons (Fsp3) is 0.304. The maximum Gasteiger partial charge on any atom is 0.397 e. The maximum atomic E-state index is 14.4. The van der Waals surface area contributed by atoms with E-state index in [4.69, 9.17) is 9.47 Å². The molecule has 0 spiro atoms. The van der Waals surface area contributed by atoms with Crippen LogP contribution in [0.1, 0.15) is 30.6 Å². The molecule has 3 aromatic rings. The molecule has 2 heterocycles. The van der Waals surface area contributed by atoms with Gasteiger partial charge in [-0.05, 0) is 44.2 Å². The Hall–Kier alpha value is -3.47. The molecule has 8 heteroatoms. The second kappa shape index (κ2) is 7.65. The second-order valence-electron chi connectivity index (χ2n) is 7.73. The van der Waals surface area contributed by atoms with Gasteiger partial charge in [-0.15, -0.1) is 0 Å². The number of hydrogen-bond acceptors (Lipinski definition) is 5. The fourth-order valence-corrected chi connectivity index (χ4v) is 3.83. The minimum absolute atomic E-state index is 0.0719. The number of nitrogens with zero attached hydrogens (tertiary/aromatic N) is 2. The average Bonchev–Trinajstić information content (AvgIpc) is 3.20. The van der Waals surface area contributed by atoms with E-state index < -0.39 is 24.1 Å². The Morgan fingerprint density at radius 3 is 2.65 bits per heavy atom. The zero-order valence-corrected chi connectivity index (χ0v) is 17.0. The summed E-state index contributed by atoms with van der Waals surface area (Å²) in [5.74, 6) is 0.628. The minimum Gasteiger partial charge on any atom is -0.454 e. The molecule has 0 fully saturated rings. The Bertz CT molecular complexity index is 1170. The van der Waals surface area contributed by atoms with Crippen molar-refractivity contribution in [3.8, 4) is 17.6 Å². The van der Waals surface area contributed by atoms with E-state index in [0.717, 1.165) is 12.6 Å². The van der Waals surface area contributed by atoms with Crippen LogP contribution in [0.3, 0.4) is 0 Å². The number of anilines is 1. The Morgan fingerprint density at radius 1 is 1.13 bits per heavy atom. The molecule has 0 bridgehead atoms. The predicted octanol–water partition coefficient (Wildman–Crippen LogP) is 5.91. The van der Waals surface area contributed by atoms with Gasteiger partial charge >= 0.3 is 6.18 Å². The number of nitriles is 1. The van der Waals surface area contributed by atoms with Gasteiger partial charge in [-0.2, -0.15) is 18.4 Å². The van der Waals surface area contributed by atoms with E-state index in [9.17, 15) is 18.4 Å². The van der Waals surface area contributed by atoms with E-state index in [1.807, 2.05) is 13.0 Å². The predicted molar refractivity (Wildman–Crippen MR) is 110 cm³/mol. The minimum atomic E-state index is -4.66. The molecule has 4 rings (SSSR count). The number of para-hydroxylation sites is 1. The molecule has 31 heavy (non-hydrogen) atoms. The van der Waals surface area contributed by atoms with Crippen LogP contribution in [0.15, 0.2) is 48.5 Å². The third kappa shape index (κ3) is 3.61. The first-order valence-electron chi connectivity index (χ1n) is 9.70. The van der Waals surface area contributed by atoms with Crippen molar-refractivity contribution in [2.24, 2.45) is 5.41 Å². The molecular weight excluding hydrogens is 407 g/mol. The molecule has 1 N–H and O–H groups in total. The number of halogens is 3. The molecule has 0 radical (unpaired) electrons. The number of aryl methyl sites for hydroxylation is 1. The van der Waals surface area contributed by atoms with Gasteiger partial charge in [0.05, 0.1) is 24.0 Å². The standard InChI is InChI=1S/C23H20F3N3O2/c1-14-9-10-15-17(28-14)6-4-7-18(15)29-21(22(2,11-12-27)23(24,25)26)16-5-3-8-19-20(16)31-13-30-19/h3-10,21,29H,11,13H2,1-2H3. The highest BCUT2D eigenvalue weighted by atomic mass is 19.4. The molecule has 0 saturated carbocycles. The van der Waals surface area contributed by atoms with Gasteiger partial charge in [-0.3, -0.25) is 4.98 Å². The van der Waals surface area contributed by atoms with E-state index >= 15 is 0 Å². The van der Waals surface area contributed by atoms with Gasteiger partial charge in [0, 0.05) is 22.3 Å². The number of pyridine rings is 1. The van der Waals surface area contributed by atoms with Gasteiger partial charge in [-0.1, -0.05) is 18.2 Å². The lowest BCUT2D eigenvalue weighted by Gasteiger charge is -2.39. The Kier molecular flexibility index (Phi) is 5.13. The lowest BCUT2D eigenvalue weighted by molar-refractivity contribution is -0.222. The summed E-state index contributed by atoms with van der Waals surface area (Å²) >= 11 is 0. The second-order valence-corrected chi connectivity index (χ2v) is 7.73. The normalized spacial score (nSPS) is 15.9. The van der Waals surface area contributed by atoms with Crippen LogP contribution in [-0.4, -0.2) is 18.0 Å². The van der Waals surface area contributed by atoms with Crippen LogP contribution in [0.4, 0.5) is 18.9 Å². The molecule has 2 aromatic carbocycles. The summed E-state index contributed by atoms with van der Waals surface area (Å²) in [6.45, 7) is 2.83. The van der Waals surface area contributed by atoms with Gasteiger partial charge in [0.2, 0.25) is 6.79 Å². The number of fused-ring (bicyclic) bond motifs is 2. The van der Waals surface area contributed by atoms with Crippen molar-refractivity contribution in [2.45, 2.75) is 32.5 Å². The highest BCUT2D eigenvalue weighted by Crippen LogP contribution is 2.54. The monoisotopic (exact) mass is 427 g/mol. The molecule has 1 aliphatic heterocycles. The molecule has 160 valence electrons. The van der Waals surface area contributed by atoms with E-state index in [-0.39, 0.29) is 18.1 Å². The SMILES string of the molecule is Cc1ccc2c(NC(c3cccc4c3OCO4)C(C)(CC#N)C(F)(F)F)cccc2n1. The number of rotatable bonds is 5. The van der Waals surface area contributed by atoms with E-state index in [1.54, 1.807) is 48.5 Å². The van der Waals surface area contributed by atoms with Gasteiger partial charge < -0.3 is 14.8 Å². The van der Waals surface area contributed by atoms with Crippen LogP contribution >= 0.6 is 0 Å². The number of hydrogen-bond donors (Lipinski definition) is 1. The van der Waals surface area contributed by atoms with E-state index in [1.165, 1.54) is 0 Å². The number of aromatic nitrogens is 1. The van der Waals surface area contributed by atoms with Crippen LogP contribution in [-0.2, 0) is 0 Å². The summed E-state index contributed by atoms with van der Waals surface area (Å²) < 4.78 is 54.0. The fourth-order valence-electron chi connectivity index (χ4n) is 3.83. The third-order valence-corrected chi connectivity index (χ3v) is 5.64. The Labute approximate surface area is 177 Å². The van der Waals surface area contributed by atoms with Crippen molar-refractivity contribution in [1.29, 1.82) is 5.26 Å². The summed E-state index contributed by atoms with van der Waals surface area (Å²) in [5, 5.41) is 13.0. The third-order valence-electron chi connectivity index (χ3n) is 5.64. The highest BCUT2D eigenvalue weighted by Gasteiger charge is 2.57. The van der Waals surface area contributed by atoms with Crippen molar-refractivity contribution in [2.75, 3.05) is 12.1 Å². The number of ether oxygens (including phenoxy) is 2. The first kappa shape index (κ1) is 20.8. The van der Waals surface area contributed by atoms with Gasteiger partial charge in [-0.25, -0.2) is 0 Å². The molecule has 1 aliphatic rings. The molecule has 2 atom stereocenters. The van der Waals surface area contributed by atoms with Crippen molar-refractivity contribution < 1.29 is 22.6 Å². The van der Waals surface area contributed by atoms with Crippen molar-refractivity contribution in [3.05, 3.63) is 59.8 Å². The van der Waals surface area contributed by atoms with Gasteiger partial charge in [0.15, 0.2) is 11.5 Å². The lowest BCUT2D eigenvalue weighted by Crippen LogP contribution is -2.43. The van der Waals surface area contributed by atoms with Crippen LogP contribution in [0, 0.1) is 23.7 Å². The molecule has 5 nitrogen and oxygen atoms in total. The van der Waals surface area contributed by atoms with Gasteiger partial charge in [0.25, 0.3) is 0 Å². The van der Waals surface area contributed by atoms with Crippen LogP contribution in [0.25, 0.3) is 10.9 Å². The molecule has 0 saturated heterocycles.